The van der Waals surface area contributed by atoms with E-state index < -0.39 is 64.7 Å². The van der Waals surface area contributed by atoms with Crippen molar-refractivity contribution in [2.24, 2.45) is 45.8 Å². The normalized spacial score (nSPS) is 44.4. The van der Waals surface area contributed by atoms with Crippen molar-refractivity contribution < 1.29 is 57.8 Å². The third kappa shape index (κ3) is 5.24. The second-order valence-corrected chi connectivity index (χ2v) is 16.2. The maximum Gasteiger partial charge on any atom is 0.338 e. The number of carboxylic acids is 1. The third-order valence-corrected chi connectivity index (χ3v) is 13.6. The fraction of sp³-hybridized carbons (Fsp3) is 0.842. The average Bonchev–Trinajstić information content (AvgIpc) is 3.76. The molecular formula is C38H56O12. The van der Waals surface area contributed by atoms with Crippen molar-refractivity contribution in [1.29, 1.82) is 0 Å². The summed E-state index contributed by atoms with van der Waals surface area (Å²) in [4.78, 5) is 51.8. The molecule has 0 aromatic rings. The number of esters is 2. The highest BCUT2D eigenvalue weighted by Gasteiger charge is 2.84. The zero-order chi connectivity index (χ0) is 36.2. The molecule has 6 aliphatic rings. The molecule has 0 radical (unpaired) electrons. The van der Waals surface area contributed by atoms with E-state index in [0.29, 0.717) is 38.0 Å². The molecule has 2 N–H and O–H groups in total. The number of aldehydes is 1. The van der Waals surface area contributed by atoms with Crippen LogP contribution in [0.5, 0.6) is 0 Å². The van der Waals surface area contributed by atoms with Crippen LogP contribution in [-0.4, -0.2) is 91.7 Å². The van der Waals surface area contributed by atoms with E-state index in [2.05, 4.69) is 17.7 Å². The minimum Gasteiger partial charge on any atom is -0.481 e. The van der Waals surface area contributed by atoms with Gasteiger partial charge in [-0.05, 0) is 68.6 Å². The minimum absolute atomic E-state index is 0.0166. The van der Waals surface area contributed by atoms with E-state index in [1.807, 2.05) is 13.8 Å². The topological polar surface area (TPSA) is 164 Å². The Kier molecular flexibility index (Phi) is 10.4. The van der Waals surface area contributed by atoms with E-state index in [4.69, 9.17) is 23.7 Å². The molecule has 13 atom stereocenters. The molecule has 6 rings (SSSR count). The molecule has 4 bridgehead atoms. The van der Waals surface area contributed by atoms with Gasteiger partial charge in [-0.1, -0.05) is 64.5 Å². The molecule has 12 heteroatoms. The lowest BCUT2D eigenvalue weighted by molar-refractivity contribution is -0.386. The van der Waals surface area contributed by atoms with Crippen LogP contribution in [0.15, 0.2) is 11.6 Å². The van der Waals surface area contributed by atoms with Crippen LogP contribution < -0.4 is 0 Å². The van der Waals surface area contributed by atoms with Crippen LogP contribution >= 0.6 is 0 Å². The fourth-order valence-corrected chi connectivity index (χ4v) is 11.6. The molecule has 12 nitrogen and oxygen atoms in total. The van der Waals surface area contributed by atoms with Crippen LogP contribution in [0, 0.1) is 45.8 Å². The van der Waals surface area contributed by atoms with Crippen LogP contribution in [0.2, 0.25) is 0 Å². The summed E-state index contributed by atoms with van der Waals surface area (Å²) < 4.78 is 35.3. The molecule has 2 saturated heterocycles. The van der Waals surface area contributed by atoms with Gasteiger partial charge in [0.2, 0.25) is 0 Å². The number of carbonyl (C=O) groups excluding carboxylic acids is 3. The second kappa shape index (κ2) is 13.9. The monoisotopic (exact) mass is 704 g/mol. The molecule has 0 aromatic heterocycles. The number of allylic oxidation sites excluding steroid dienone is 1. The number of fused-ring (bicyclic) bond motifs is 2. The van der Waals surface area contributed by atoms with Gasteiger partial charge in [-0.15, -0.1) is 0 Å². The van der Waals surface area contributed by atoms with Crippen LogP contribution in [0.4, 0.5) is 0 Å². The van der Waals surface area contributed by atoms with Crippen molar-refractivity contribution in [2.75, 3.05) is 20.8 Å². The number of hydrogen-bond donors (Lipinski definition) is 2. The van der Waals surface area contributed by atoms with Crippen LogP contribution in [-0.2, 0) is 47.6 Å². The zero-order valence-corrected chi connectivity index (χ0v) is 30.4. The average molecular weight is 705 g/mol. The predicted octanol–water partition coefficient (Wildman–Crippen LogP) is 4.59. The van der Waals surface area contributed by atoms with Crippen LogP contribution in [0.1, 0.15) is 98.3 Å². The van der Waals surface area contributed by atoms with Crippen molar-refractivity contribution >= 4 is 24.2 Å². The fourth-order valence-electron chi connectivity index (χ4n) is 11.6. The number of rotatable bonds is 15. The number of aliphatic hydroxyl groups excluding tert-OH is 1. The third-order valence-electron chi connectivity index (χ3n) is 13.6. The highest BCUT2D eigenvalue weighted by molar-refractivity contribution is 5.90. The number of hydrogen-bond acceptors (Lipinski definition) is 11. The van der Waals surface area contributed by atoms with E-state index in [9.17, 15) is 29.4 Å². The summed E-state index contributed by atoms with van der Waals surface area (Å²) in [5.41, 5.74) is -2.62. The van der Waals surface area contributed by atoms with Gasteiger partial charge in [0.1, 0.15) is 11.7 Å². The van der Waals surface area contributed by atoms with Gasteiger partial charge in [-0.25, -0.2) is 4.79 Å². The Labute approximate surface area is 294 Å². The molecule has 1 spiro atoms. The summed E-state index contributed by atoms with van der Waals surface area (Å²) in [7, 11) is 2.81. The molecule has 3 saturated carbocycles. The van der Waals surface area contributed by atoms with Gasteiger partial charge in [0.15, 0.2) is 24.6 Å². The standard InChI is InChI=1S/C38H56O12/c1-21(2)27-16-24-17-35(19-39)26-15-14-22(3)25(26)18-36(24,37(27,35)34(43)44)20-47-33-30(41)38(31(46-6)23(4)48-33)49-28(32(42)50-38)12-10-8-7-9-11-13-29(40)45-5/h16,19,21-26,28,30-31,33,41H,7-15,17-18,20H2,1-6H3,(H,43,44)/t22-,23-,24+,25-,26-,28+,30-,31-,33-,35+,36+,37+,38-/m1/s1. The quantitative estimate of drug-likeness (QED) is 0.106. The Bertz CT molecular complexity index is 1360. The summed E-state index contributed by atoms with van der Waals surface area (Å²) in [5, 5.41) is 23.2. The lowest BCUT2D eigenvalue weighted by Gasteiger charge is -2.58. The van der Waals surface area contributed by atoms with Gasteiger partial charge in [0.05, 0.1) is 25.2 Å². The maximum atomic E-state index is 13.8. The van der Waals surface area contributed by atoms with Crippen molar-refractivity contribution in [3.63, 3.8) is 0 Å². The highest BCUT2D eigenvalue weighted by Crippen LogP contribution is 2.82. The summed E-state index contributed by atoms with van der Waals surface area (Å²) in [6, 6.07) is 0. The molecule has 0 aromatic carbocycles. The Hall–Kier alpha value is -2.38. The number of aliphatic carboxylic acids is 1. The van der Waals surface area contributed by atoms with Crippen LogP contribution in [0.25, 0.3) is 0 Å². The summed E-state index contributed by atoms with van der Waals surface area (Å²) in [6.45, 7) is 7.86. The van der Waals surface area contributed by atoms with Crippen molar-refractivity contribution in [3.05, 3.63) is 11.6 Å². The Morgan fingerprint density at radius 3 is 2.46 bits per heavy atom. The Morgan fingerprint density at radius 2 is 1.80 bits per heavy atom. The first-order valence-corrected chi connectivity index (χ1v) is 18.7. The van der Waals surface area contributed by atoms with Crippen molar-refractivity contribution in [3.8, 4) is 0 Å². The summed E-state index contributed by atoms with van der Waals surface area (Å²) >= 11 is 0. The van der Waals surface area contributed by atoms with Gasteiger partial charge >= 0.3 is 17.9 Å². The first-order chi connectivity index (χ1) is 23.8. The number of aliphatic hydroxyl groups is 1. The smallest absolute Gasteiger partial charge is 0.338 e. The number of unbranched alkanes of at least 4 members (excludes halogenated alkanes) is 4. The van der Waals surface area contributed by atoms with E-state index in [1.165, 1.54) is 14.2 Å². The van der Waals surface area contributed by atoms with E-state index in [1.54, 1.807) is 6.92 Å². The van der Waals surface area contributed by atoms with E-state index in [-0.39, 0.29) is 36.2 Å². The summed E-state index contributed by atoms with van der Waals surface area (Å²) in [6.07, 6.45) is 5.15. The zero-order valence-electron chi connectivity index (χ0n) is 30.4. The SMILES string of the molecule is COC(=O)CCCCCCC[C@@H]1O[C@@]2(OC1=O)[C@H](O)[C@H](OC[C@@]13C[C@@H]4[C@H](C)CC[C@H]4[C@@]4(C=O)C[C@@H]1C=C(C(C)C)[C@@]34C(=O)O)O[C@H](C)[C@H]2OC. The first kappa shape index (κ1) is 37.4. The molecular weight excluding hydrogens is 648 g/mol. The number of methoxy groups -OCH3 is 2. The van der Waals surface area contributed by atoms with Gasteiger partial charge in [-0.2, -0.15) is 0 Å². The molecule has 280 valence electrons. The van der Waals surface area contributed by atoms with Gasteiger partial charge < -0.3 is 43.4 Å². The summed E-state index contributed by atoms with van der Waals surface area (Å²) in [5.74, 6) is -3.48. The number of carboxylic acid groups (broad SMARTS) is 1. The molecule has 5 fully saturated rings. The molecule has 2 aliphatic heterocycles. The predicted molar refractivity (Wildman–Crippen MR) is 177 cm³/mol. The van der Waals surface area contributed by atoms with Gasteiger partial charge in [0.25, 0.3) is 5.79 Å². The van der Waals surface area contributed by atoms with Crippen molar-refractivity contribution in [2.45, 2.75) is 135 Å². The number of ether oxygens (including phenoxy) is 6. The molecule has 0 unspecified atom stereocenters. The Balaban J connectivity index is 1.21. The van der Waals surface area contributed by atoms with E-state index in [0.717, 1.165) is 50.4 Å². The highest BCUT2D eigenvalue weighted by atomic mass is 16.8. The molecule has 50 heavy (non-hydrogen) atoms. The largest absolute Gasteiger partial charge is 0.481 e. The molecule has 2 heterocycles. The number of carbonyl (C=O) groups is 4. The maximum absolute atomic E-state index is 13.8. The molecule has 4 aliphatic carbocycles. The van der Waals surface area contributed by atoms with E-state index >= 15 is 0 Å². The minimum atomic E-state index is -1.89. The lowest BCUT2D eigenvalue weighted by atomic mass is 9.43. The lowest BCUT2D eigenvalue weighted by Crippen LogP contribution is -2.68. The Morgan fingerprint density at radius 1 is 1.08 bits per heavy atom. The van der Waals surface area contributed by atoms with Gasteiger partial charge in [0, 0.05) is 18.9 Å². The second-order valence-electron chi connectivity index (χ2n) is 16.2. The first-order valence-electron chi connectivity index (χ1n) is 18.7. The van der Waals surface area contributed by atoms with Crippen molar-refractivity contribution in [1.82, 2.24) is 0 Å². The molecule has 0 amide bonds. The van der Waals surface area contributed by atoms with Crippen LogP contribution in [0.3, 0.4) is 0 Å². The van der Waals surface area contributed by atoms with Gasteiger partial charge in [-0.3, -0.25) is 9.59 Å².